The Bertz CT molecular complexity index is 329. The number of methoxy groups -OCH3 is 1. The Hall–Kier alpha value is -0.480. The predicted octanol–water partition coefficient (Wildman–Crippen LogP) is 3.39. The van der Waals surface area contributed by atoms with E-state index in [1.165, 1.54) is 0 Å². The molecule has 1 saturated carbocycles. The fraction of sp³-hybridized carbons (Fsp3) is 0.800. The second-order valence-electron chi connectivity index (χ2n) is 5.50. The summed E-state index contributed by atoms with van der Waals surface area (Å²) in [6.45, 7) is 7.49. The van der Waals surface area contributed by atoms with Gasteiger partial charge in [-0.2, -0.15) is 12.6 Å². The molecule has 0 radical (unpaired) electrons. The van der Waals surface area contributed by atoms with E-state index in [1.807, 2.05) is 0 Å². The molecule has 1 rings (SSSR count). The van der Waals surface area contributed by atoms with E-state index < -0.39 is 0 Å². The number of esters is 1. The molecule has 3 atom stereocenters. The van der Waals surface area contributed by atoms with Gasteiger partial charge in [0, 0.05) is 18.6 Å². The molecule has 3 nitrogen and oxygen atoms in total. The highest BCUT2D eigenvalue weighted by atomic mass is 32.1. The number of carbonyl (C=O) groups excluding carboxylic acids is 1. The van der Waals surface area contributed by atoms with Crippen molar-refractivity contribution in [3.05, 3.63) is 12.2 Å². The van der Waals surface area contributed by atoms with Crippen LogP contribution in [0.3, 0.4) is 0 Å². The van der Waals surface area contributed by atoms with Crippen LogP contribution < -0.4 is 0 Å². The van der Waals surface area contributed by atoms with Gasteiger partial charge in [-0.05, 0) is 38.4 Å². The first kappa shape index (κ1) is 16.6. The lowest BCUT2D eigenvalue weighted by Crippen LogP contribution is -2.49. The van der Waals surface area contributed by atoms with Crippen LogP contribution in [-0.2, 0) is 14.3 Å². The van der Waals surface area contributed by atoms with Crippen LogP contribution >= 0.6 is 12.6 Å². The van der Waals surface area contributed by atoms with Gasteiger partial charge in [0.1, 0.15) is 5.60 Å². The number of carbonyl (C=O) groups is 1. The summed E-state index contributed by atoms with van der Waals surface area (Å²) in [4.78, 5) is 11.9. The van der Waals surface area contributed by atoms with Crippen molar-refractivity contribution in [2.75, 3.05) is 12.9 Å². The van der Waals surface area contributed by atoms with Crippen LogP contribution in [0.2, 0.25) is 0 Å². The highest BCUT2D eigenvalue weighted by Crippen LogP contribution is 2.42. The summed E-state index contributed by atoms with van der Waals surface area (Å²) in [6, 6.07) is 0. The van der Waals surface area contributed by atoms with E-state index in [2.05, 4.69) is 26.1 Å². The monoisotopic (exact) mass is 286 g/mol. The van der Waals surface area contributed by atoms with Gasteiger partial charge in [0.2, 0.25) is 0 Å². The minimum absolute atomic E-state index is 0.248. The third-order valence-electron chi connectivity index (χ3n) is 4.05. The highest BCUT2D eigenvalue weighted by Gasteiger charge is 2.45. The third-order valence-corrected chi connectivity index (χ3v) is 4.49. The lowest BCUT2D eigenvalue weighted by Gasteiger charge is -2.45. The molecule has 3 unspecified atom stereocenters. The Balaban J connectivity index is 2.89. The smallest absolute Gasteiger partial charge is 0.333 e. The van der Waals surface area contributed by atoms with Gasteiger partial charge in [0.15, 0.2) is 0 Å². The van der Waals surface area contributed by atoms with E-state index in [4.69, 9.17) is 9.47 Å². The Morgan fingerprint density at radius 1 is 1.53 bits per heavy atom. The molecule has 0 aliphatic heterocycles. The van der Waals surface area contributed by atoms with Gasteiger partial charge in [-0.3, -0.25) is 0 Å². The first-order chi connectivity index (χ1) is 8.99. The van der Waals surface area contributed by atoms with Crippen molar-refractivity contribution in [2.24, 2.45) is 5.92 Å². The van der Waals surface area contributed by atoms with Gasteiger partial charge in [0.05, 0.1) is 6.10 Å². The molecule has 0 bridgehead atoms. The Kier molecular flexibility index (Phi) is 6.40. The van der Waals surface area contributed by atoms with Crippen LogP contribution in [0.25, 0.3) is 0 Å². The molecule has 0 aromatic carbocycles. The van der Waals surface area contributed by atoms with Crippen molar-refractivity contribution in [2.45, 2.75) is 57.7 Å². The molecular weight excluding hydrogens is 260 g/mol. The second-order valence-corrected chi connectivity index (χ2v) is 5.86. The first-order valence-electron chi connectivity index (χ1n) is 7.01. The van der Waals surface area contributed by atoms with E-state index in [1.54, 1.807) is 14.0 Å². The van der Waals surface area contributed by atoms with E-state index >= 15 is 0 Å². The Morgan fingerprint density at radius 2 is 2.21 bits per heavy atom. The lowest BCUT2D eigenvalue weighted by molar-refractivity contribution is -0.171. The summed E-state index contributed by atoms with van der Waals surface area (Å²) in [6.07, 6.45) is 4.82. The number of rotatable bonds is 6. The van der Waals surface area contributed by atoms with Crippen LogP contribution in [0.1, 0.15) is 46.0 Å². The van der Waals surface area contributed by atoms with Crippen molar-refractivity contribution in [1.29, 1.82) is 0 Å². The van der Waals surface area contributed by atoms with Crippen molar-refractivity contribution in [3.63, 3.8) is 0 Å². The first-order valence-corrected chi connectivity index (χ1v) is 7.64. The maximum absolute atomic E-state index is 11.9. The summed E-state index contributed by atoms with van der Waals surface area (Å²) in [7, 11) is 1.74. The fourth-order valence-corrected chi connectivity index (χ4v) is 3.41. The molecule has 1 aliphatic rings. The molecule has 0 aromatic heterocycles. The molecule has 0 saturated heterocycles. The minimum Gasteiger partial charge on any atom is -0.455 e. The van der Waals surface area contributed by atoms with Crippen LogP contribution in [-0.4, -0.2) is 30.5 Å². The Morgan fingerprint density at radius 3 is 2.68 bits per heavy atom. The molecule has 0 aromatic rings. The van der Waals surface area contributed by atoms with Gasteiger partial charge in [-0.1, -0.05) is 19.9 Å². The number of ether oxygens (including phenoxy) is 2. The summed E-state index contributed by atoms with van der Waals surface area (Å²) in [5.41, 5.74) is 0.0731. The second kappa shape index (κ2) is 7.34. The number of hydrogen-bond acceptors (Lipinski definition) is 4. The van der Waals surface area contributed by atoms with Crippen LogP contribution in [0.4, 0.5) is 0 Å². The van der Waals surface area contributed by atoms with Crippen molar-refractivity contribution in [3.8, 4) is 0 Å². The fourth-order valence-electron chi connectivity index (χ4n) is 2.92. The molecule has 4 heteroatoms. The van der Waals surface area contributed by atoms with E-state index in [-0.39, 0.29) is 23.6 Å². The maximum Gasteiger partial charge on any atom is 0.333 e. The van der Waals surface area contributed by atoms with E-state index in [0.717, 1.165) is 32.1 Å². The van der Waals surface area contributed by atoms with Crippen molar-refractivity contribution < 1.29 is 14.3 Å². The zero-order valence-electron chi connectivity index (χ0n) is 12.3. The van der Waals surface area contributed by atoms with Crippen molar-refractivity contribution >= 4 is 18.6 Å². The van der Waals surface area contributed by atoms with Crippen LogP contribution in [0.15, 0.2) is 12.2 Å². The van der Waals surface area contributed by atoms with Crippen molar-refractivity contribution in [1.82, 2.24) is 0 Å². The zero-order chi connectivity index (χ0) is 14.5. The average Bonchev–Trinajstić information content (AvgIpc) is 2.39. The molecule has 1 aliphatic carbocycles. The van der Waals surface area contributed by atoms with E-state index in [9.17, 15) is 4.79 Å². The number of hydrogen-bond donors (Lipinski definition) is 1. The number of thiol groups is 1. The summed E-state index contributed by atoms with van der Waals surface area (Å²) < 4.78 is 11.3. The van der Waals surface area contributed by atoms with Gasteiger partial charge in [0.25, 0.3) is 0 Å². The minimum atomic E-state index is -0.387. The average molecular weight is 286 g/mol. The molecule has 0 spiro atoms. The quantitative estimate of drug-likeness (QED) is 0.462. The van der Waals surface area contributed by atoms with Crippen LogP contribution in [0, 0.1) is 5.92 Å². The third kappa shape index (κ3) is 3.99. The molecular formula is C15H26O3S. The summed E-state index contributed by atoms with van der Waals surface area (Å²) >= 11 is 4.45. The summed E-state index contributed by atoms with van der Waals surface area (Å²) in [5, 5.41) is 0. The topological polar surface area (TPSA) is 35.5 Å². The SMILES string of the molecule is C=C(C)C(=O)OC1(CCC)CCC(OC)CC1CS. The molecule has 0 heterocycles. The molecule has 110 valence electrons. The van der Waals surface area contributed by atoms with E-state index in [0.29, 0.717) is 11.3 Å². The predicted molar refractivity (Wildman–Crippen MR) is 80.5 cm³/mol. The highest BCUT2D eigenvalue weighted by molar-refractivity contribution is 7.80. The van der Waals surface area contributed by atoms with Gasteiger partial charge in [-0.15, -0.1) is 0 Å². The van der Waals surface area contributed by atoms with Gasteiger partial charge >= 0.3 is 5.97 Å². The molecule has 0 amide bonds. The molecule has 0 N–H and O–H groups in total. The zero-order valence-corrected chi connectivity index (χ0v) is 13.2. The van der Waals surface area contributed by atoms with Gasteiger partial charge < -0.3 is 9.47 Å². The molecule has 19 heavy (non-hydrogen) atoms. The van der Waals surface area contributed by atoms with Gasteiger partial charge in [-0.25, -0.2) is 4.79 Å². The summed E-state index contributed by atoms with van der Waals surface area (Å²) in [5.74, 6) is 0.678. The van der Waals surface area contributed by atoms with Crippen LogP contribution in [0.5, 0.6) is 0 Å². The maximum atomic E-state index is 11.9. The largest absolute Gasteiger partial charge is 0.455 e. The molecule has 1 fully saturated rings. The standard InChI is InChI=1S/C15H26O3S/c1-5-7-15(18-14(16)11(2)3)8-6-13(17-4)9-12(15)10-19/h12-13,19H,2,5-10H2,1,3-4H3. The lowest BCUT2D eigenvalue weighted by atomic mass is 9.72. The Labute approximate surface area is 122 Å². The normalized spacial score (nSPS) is 30.9.